The Morgan fingerprint density at radius 1 is 1.31 bits per heavy atom. The minimum absolute atomic E-state index is 0.293. The number of aldehydes is 1. The van der Waals surface area contributed by atoms with Crippen LogP contribution in [-0.4, -0.2) is 13.4 Å². The van der Waals surface area contributed by atoms with E-state index in [0.29, 0.717) is 28.6 Å². The Morgan fingerprint density at radius 2 is 2.12 bits per heavy atom. The largest absolute Gasteiger partial charge is 0.495 e. The number of methoxy groups -OCH3 is 1. The summed E-state index contributed by atoms with van der Waals surface area (Å²) in [5, 5.41) is 0.504. The maximum Gasteiger partial charge on any atom is 0.185 e. The Bertz CT molecular complexity index is 517. The van der Waals surface area contributed by atoms with Crippen LogP contribution < -0.4 is 4.74 Å². The van der Waals surface area contributed by atoms with Crippen LogP contribution in [0.2, 0.25) is 5.02 Å². The van der Waals surface area contributed by atoms with Crippen molar-refractivity contribution in [1.29, 1.82) is 0 Å². The number of carbonyl (C=O) groups is 1. The molecule has 0 spiro atoms. The number of rotatable bonds is 3. The Labute approximate surface area is 97.6 Å². The lowest BCUT2D eigenvalue weighted by molar-refractivity contribution is 0.110. The van der Waals surface area contributed by atoms with Gasteiger partial charge in [0.1, 0.15) is 11.5 Å². The van der Waals surface area contributed by atoms with E-state index in [2.05, 4.69) is 0 Å². The fourth-order valence-electron chi connectivity index (χ4n) is 1.39. The van der Waals surface area contributed by atoms with Gasteiger partial charge in [0.15, 0.2) is 12.0 Å². The molecule has 0 aliphatic heterocycles. The van der Waals surface area contributed by atoms with Crippen LogP contribution in [0.25, 0.3) is 11.3 Å². The highest BCUT2D eigenvalue weighted by Crippen LogP contribution is 2.30. The highest BCUT2D eigenvalue weighted by molar-refractivity contribution is 6.32. The molecule has 0 amide bonds. The molecule has 0 N–H and O–H groups in total. The van der Waals surface area contributed by atoms with Gasteiger partial charge in [-0.25, -0.2) is 0 Å². The highest BCUT2D eigenvalue weighted by Gasteiger charge is 2.07. The molecule has 4 heteroatoms. The van der Waals surface area contributed by atoms with Gasteiger partial charge in [-0.2, -0.15) is 0 Å². The van der Waals surface area contributed by atoms with E-state index in [0.717, 1.165) is 5.56 Å². The van der Waals surface area contributed by atoms with E-state index < -0.39 is 0 Å². The summed E-state index contributed by atoms with van der Waals surface area (Å²) < 4.78 is 10.3. The Balaban J connectivity index is 2.40. The van der Waals surface area contributed by atoms with Crippen molar-refractivity contribution in [2.24, 2.45) is 0 Å². The molecule has 3 nitrogen and oxygen atoms in total. The molecule has 0 unspecified atom stereocenters. The summed E-state index contributed by atoms with van der Waals surface area (Å²) in [6, 6.07) is 8.63. The zero-order valence-corrected chi connectivity index (χ0v) is 9.32. The van der Waals surface area contributed by atoms with Gasteiger partial charge in [0.25, 0.3) is 0 Å². The van der Waals surface area contributed by atoms with E-state index in [1.54, 1.807) is 31.4 Å². The number of hydrogen-bond acceptors (Lipinski definition) is 3. The second-order valence-corrected chi connectivity index (χ2v) is 3.58. The molecule has 1 aromatic heterocycles. The van der Waals surface area contributed by atoms with Gasteiger partial charge in [-0.1, -0.05) is 11.6 Å². The summed E-state index contributed by atoms with van der Waals surface area (Å²) >= 11 is 5.98. The molecule has 0 radical (unpaired) electrons. The third-order valence-corrected chi connectivity index (χ3v) is 2.47. The molecule has 0 aliphatic carbocycles. The van der Waals surface area contributed by atoms with Crippen molar-refractivity contribution in [2.45, 2.75) is 0 Å². The van der Waals surface area contributed by atoms with Crippen LogP contribution in [0.5, 0.6) is 5.75 Å². The first-order chi connectivity index (χ1) is 7.74. The van der Waals surface area contributed by atoms with Crippen molar-refractivity contribution in [3.63, 3.8) is 0 Å². The smallest absolute Gasteiger partial charge is 0.185 e. The summed E-state index contributed by atoms with van der Waals surface area (Å²) in [6.07, 6.45) is 0.661. The molecule has 0 bridgehead atoms. The van der Waals surface area contributed by atoms with Crippen LogP contribution in [0.15, 0.2) is 34.7 Å². The Kier molecular flexibility index (Phi) is 2.97. The molecular weight excluding hydrogens is 228 g/mol. The predicted molar refractivity (Wildman–Crippen MR) is 61.1 cm³/mol. The van der Waals surface area contributed by atoms with Gasteiger partial charge in [0.2, 0.25) is 0 Å². The normalized spacial score (nSPS) is 10.1. The van der Waals surface area contributed by atoms with Gasteiger partial charge in [-0.15, -0.1) is 0 Å². The summed E-state index contributed by atoms with van der Waals surface area (Å²) in [7, 11) is 1.55. The third kappa shape index (κ3) is 1.95. The third-order valence-electron chi connectivity index (χ3n) is 2.18. The predicted octanol–water partition coefficient (Wildman–Crippen LogP) is 3.42. The lowest BCUT2D eigenvalue weighted by atomic mass is 10.2. The topological polar surface area (TPSA) is 39.4 Å². The fraction of sp³-hybridized carbons (Fsp3) is 0.0833. The van der Waals surface area contributed by atoms with E-state index in [-0.39, 0.29) is 0 Å². The summed E-state index contributed by atoms with van der Waals surface area (Å²) in [5.74, 6) is 1.50. The van der Waals surface area contributed by atoms with E-state index >= 15 is 0 Å². The van der Waals surface area contributed by atoms with Gasteiger partial charge in [0.05, 0.1) is 12.1 Å². The second-order valence-electron chi connectivity index (χ2n) is 3.17. The number of benzene rings is 1. The molecule has 0 atom stereocenters. The molecule has 16 heavy (non-hydrogen) atoms. The quantitative estimate of drug-likeness (QED) is 0.767. The average molecular weight is 237 g/mol. The van der Waals surface area contributed by atoms with Crippen molar-refractivity contribution >= 4 is 17.9 Å². The molecule has 0 saturated carbocycles. The van der Waals surface area contributed by atoms with Crippen molar-refractivity contribution in [1.82, 2.24) is 0 Å². The standard InChI is InChI=1S/C12H9ClO3/c1-15-12-4-2-8(6-10(12)13)11-5-3-9(7-14)16-11/h2-7H,1H3. The van der Waals surface area contributed by atoms with Crippen LogP contribution >= 0.6 is 11.6 Å². The molecule has 0 aliphatic rings. The minimum atomic E-state index is 0.293. The molecule has 1 heterocycles. The molecule has 2 aromatic rings. The second kappa shape index (κ2) is 4.41. The maximum atomic E-state index is 10.5. The molecule has 1 aromatic carbocycles. The summed E-state index contributed by atoms with van der Waals surface area (Å²) in [5.41, 5.74) is 0.805. The van der Waals surface area contributed by atoms with Crippen molar-refractivity contribution in [3.05, 3.63) is 41.1 Å². The van der Waals surface area contributed by atoms with Gasteiger partial charge in [-0.3, -0.25) is 4.79 Å². The van der Waals surface area contributed by atoms with Crippen molar-refractivity contribution in [2.75, 3.05) is 7.11 Å². The first kappa shape index (κ1) is 10.8. The number of carbonyl (C=O) groups excluding carboxylic acids is 1. The molecule has 0 saturated heterocycles. The van der Waals surface area contributed by atoms with Gasteiger partial charge < -0.3 is 9.15 Å². The molecule has 2 rings (SSSR count). The molecule has 82 valence electrons. The minimum Gasteiger partial charge on any atom is -0.495 e. The lowest BCUT2D eigenvalue weighted by Gasteiger charge is -2.03. The summed E-state index contributed by atoms with van der Waals surface area (Å²) in [4.78, 5) is 10.5. The van der Waals surface area contributed by atoms with E-state index in [1.807, 2.05) is 6.07 Å². The number of hydrogen-bond donors (Lipinski definition) is 0. The van der Waals surface area contributed by atoms with E-state index in [1.165, 1.54) is 0 Å². The van der Waals surface area contributed by atoms with E-state index in [9.17, 15) is 4.79 Å². The average Bonchev–Trinajstić information content (AvgIpc) is 2.77. The van der Waals surface area contributed by atoms with Crippen molar-refractivity contribution < 1.29 is 13.9 Å². The number of furan rings is 1. The SMILES string of the molecule is COc1ccc(-c2ccc(C=O)o2)cc1Cl. The number of halogens is 1. The number of ether oxygens (including phenoxy) is 1. The van der Waals surface area contributed by atoms with Crippen LogP contribution in [0, 0.1) is 0 Å². The first-order valence-corrected chi connectivity index (χ1v) is 5.01. The lowest BCUT2D eigenvalue weighted by Crippen LogP contribution is -1.84. The first-order valence-electron chi connectivity index (χ1n) is 4.63. The molecule has 0 fully saturated rings. The highest BCUT2D eigenvalue weighted by atomic mass is 35.5. The van der Waals surface area contributed by atoms with Gasteiger partial charge >= 0.3 is 0 Å². The monoisotopic (exact) mass is 236 g/mol. The van der Waals surface area contributed by atoms with Crippen LogP contribution in [0.1, 0.15) is 10.6 Å². The van der Waals surface area contributed by atoms with E-state index in [4.69, 9.17) is 20.8 Å². The summed E-state index contributed by atoms with van der Waals surface area (Å²) in [6.45, 7) is 0. The van der Waals surface area contributed by atoms with Crippen LogP contribution in [0.4, 0.5) is 0 Å². The van der Waals surface area contributed by atoms with Gasteiger partial charge in [-0.05, 0) is 30.3 Å². The van der Waals surface area contributed by atoms with Crippen molar-refractivity contribution in [3.8, 4) is 17.1 Å². The Morgan fingerprint density at radius 3 is 2.69 bits per heavy atom. The van der Waals surface area contributed by atoms with Crippen LogP contribution in [-0.2, 0) is 0 Å². The zero-order chi connectivity index (χ0) is 11.5. The zero-order valence-electron chi connectivity index (χ0n) is 8.57. The maximum absolute atomic E-state index is 10.5. The van der Waals surface area contributed by atoms with Gasteiger partial charge in [0, 0.05) is 5.56 Å². The molecular formula is C12H9ClO3. The Hall–Kier alpha value is -1.74. The fourth-order valence-corrected chi connectivity index (χ4v) is 1.65. The van der Waals surface area contributed by atoms with Crippen LogP contribution in [0.3, 0.4) is 0 Å².